The molecular formula is C38H24N4O. The molecule has 5 heteroatoms. The largest absolute Gasteiger partial charge is 0.452 e. The number of fused-ring (bicyclic) bond motifs is 3. The SMILES string of the molecule is c1ccc(-c2cc(-c3cccc(-c4nc(-c5ccccc5)c5oc6ccccc6c5n4)c3)nc(-c3ccccc3)n2)cc1. The van der Waals surface area contributed by atoms with Gasteiger partial charge in [-0.25, -0.2) is 19.9 Å². The zero-order valence-corrected chi connectivity index (χ0v) is 23.1. The maximum atomic E-state index is 6.29. The molecule has 0 bridgehead atoms. The van der Waals surface area contributed by atoms with Crippen LogP contribution in [0.4, 0.5) is 0 Å². The zero-order chi connectivity index (χ0) is 28.6. The summed E-state index contributed by atoms with van der Waals surface area (Å²) in [6.45, 7) is 0. The Morgan fingerprint density at radius 2 is 0.953 bits per heavy atom. The van der Waals surface area contributed by atoms with Gasteiger partial charge < -0.3 is 4.42 Å². The summed E-state index contributed by atoms with van der Waals surface area (Å²) in [4.78, 5) is 20.1. The Hall–Kier alpha value is -5.94. The van der Waals surface area contributed by atoms with Crippen molar-refractivity contribution in [3.05, 3.63) is 146 Å². The topological polar surface area (TPSA) is 64.7 Å². The van der Waals surface area contributed by atoms with Gasteiger partial charge >= 0.3 is 0 Å². The number of furan rings is 1. The highest BCUT2D eigenvalue weighted by molar-refractivity contribution is 6.07. The van der Waals surface area contributed by atoms with Gasteiger partial charge in [-0.2, -0.15) is 0 Å². The van der Waals surface area contributed by atoms with Crippen molar-refractivity contribution in [1.82, 2.24) is 19.9 Å². The van der Waals surface area contributed by atoms with Crippen molar-refractivity contribution in [3.63, 3.8) is 0 Å². The molecule has 0 fully saturated rings. The molecule has 0 radical (unpaired) electrons. The maximum Gasteiger partial charge on any atom is 0.180 e. The number of benzene rings is 5. The summed E-state index contributed by atoms with van der Waals surface area (Å²) in [5.41, 5.74) is 9.55. The lowest BCUT2D eigenvalue weighted by Crippen LogP contribution is -1.97. The van der Waals surface area contributed by atoms with Gasteiger partial charge in [0.05, 0.1) is 11.4 Å². The molecule has 8 aromatic rings. The Morgan fingerprint density at radius 1 is 0.395 bits per heavy atom. The molecule has 3 heterocycles. The first-order chi connectivity index (χ1) is 21.3. The highest BCUT2D eigenvalue weighted by Gasteiger charge is 2.18. The molecule has 3 aromatic heterocycles. The van der Waals surface area contributed by atoms with E-state index in [4.69, 9.17) is 24.4 Å². The monoisotopic (exact) mass is 552 g/mol. The lowest BCUT2D eigenvalue weighted by atomic mass is 10.0. The Kier molecular flexibility index (Phi) is 6.05. The summed E-state index contributed by atoms with van der Waals surface area (Å²) in [5.74, 6) is 1.30. The Morgan fingerprint density at radius 3 is 1.70 bits per heavy atom. The molecule has 0 aliphatic rings. The van der Waals surface area contributed by atoms with Gasteiger partial charge in [0, 0.05) is 33.2 Å². The van der Waals surface area contributed by atoms with Crippen LogP contribution in [0.1, 0.15) is 0 Å². The summed E-state index contributed by atoms with van der Waals surface area (Å²) in [5, 5.41) is 0.963. The third-order valence-electron chi connectivity index (χ3n) is 7.51. The van der Waals surface area contributed by atoms with Crippen LogP contribution in [-0.4, -0.2) is 19.9 Å². The molecule has 8 rings (SSSR count). The summed E-state index contributed by atoms with van der Waals surface area (Å²) in [6.07, 6.45) is 0. The standard InChI is InChI=1S/C38H24N4O/c1-4-13-25(14-5-1)31-24-32(40-37(39-31)27-17-8-3-9-18-27)28-19-12-20-29(23-28)38-41-34(26-15-6-2-7-16-26)36-35(42-38)30-21-10-11-22-33(30)43-36/h1-24H. The molecule has 0 amide bonds. The average Bonchev–Trinajstić information content (AvgIpc) is 3.48. The van der Waals surface area contributed by atoms with E-state index in [1.54, 1.807) is 0 Å². The fourth-order valence-corrected chi connectivity index (χ4v) is 5.40. The van der Waals surface area contributed by atoms with Crippen LogP contribution in [0.25, 0.3) is 78.6 Å². The van der Waals surface area contributed by atoms with Crippen LogP contribution in [0, 0.1) is 0 Å². The number of aromatic nitrogens is 4. The van der Waals surface area contributed by atoms with Crippen molar-refractivity contribution in [2.75, 3.05) is 0 Å². The van der Waals surface area contributed by atoms with Crippen molar-refractivity contribution in [3.8, 4) is 56.5 Å². The van der Waals surface area contributed by atoms with Gasteiger partial charge in [-0.1, -0.05) is 121 Å². The van der Waals surface area contributed by atoms with Crippen molar-refractivity contribution in [1.29, 1.82) is 0 Å². The first-order valence-electron chi connectivity index (χ1n) is 14.2. The predicted molar refractivity (Wildman–Crippen MR) is 172 cm³/mol. The smallest absolute Gasteiger partial charge is 0.180 e. The van der Waals surface area contributed by atoms with Crippen LogP contribution in [0.2, 0.25) is 0 Å². The summed E-state index contributed by atoms with van der Waals surface area (Å²) < 4.78 is 6.29. The minimum Gasteiger partial charge on any atom is -0.452 e. The molecule has 5 nitrogen and oxygen atoms in total. The van der Waals surface area contributed by atoms with Crippen molar-refractivity contribution in [2.24, 2.45) is 0 Å². The minimum absolute atomic E-state index is 0.625. The van der Waals surface area contributed by atoms with Crippen molar-refractivity contribution >= 4 is 22.1 Å². The molecule has 0 N–H and O–H groups in total. The van der Waals surface area contributed by atoms with Crippen molar-refractivity contribution < 1.29 is 4.42 Å². The first kappa shape index (κ1) is 24.8. The van der Waals surface area contributed by atoms with E-state index in [0.29, 0.717) is 17.2 Å². The van der Waals surface area contributed by atoms with Gasteiger partial charge in [-0.3, -0.25) is 0 Å². The molecule has 0 spiro atoms. The van der Waals surface area contributed by atoms with Gasteiger partial charge in [0.15, 0.2) is 17.2 Å². The quantitative estimate of drug-likeness (QED) is 0.213. The van der Waals surface area contributed by atoms with Gasteiger partial charge in [-0.05, 0) is 24.3 Å². The number of hydrogen-bond acceptors (Lipinski definition) is 5. The zero-order valence-electron chi connectivity index (χ0n) is 23.1. The van der Waals surface area contributed by atoms with E-state index in [1.807, 2.05) is 121 Å². The van der Waals surface area contributed by atoms with Gasteiger partial charge in [-0.15, -0.1) is 0 Å². The second-order valence-corrected chi connectivity index (χ2v) is 10.3. The van der Waals surface area contributed by atoms with Crippen LogP contribution < -0.4 is 0 Å². The lowest BCUT2D eigenvalue weighted by Gasteiger charge is -2.11. The molecule has 0 saturated carbocycles. The molecule has 5 aromatic carbocycles. The van der Waals surface area contributed by atoms with Crippen LogP contribution in [0.15, 0.2) is 150 Å². The Balaban J connectivity index is 1.31. The molecule has 43 heavy (non-hydrogen) atoms. The van der Waals surface area contributed by atoms with E-state index in [0.717, 1.165) is 61.4 Å². The van der Waals surface area contributed by atoms with Gasteiger partial charge in [0.25, 0.3) is 0 Å². The lowest BCUT2D eigenvalue weighted by molar-refractivity contribution is 0.667. The second-order valence-electron chi connectivity index (χ2n) is 10.3. The van der Waals surface area contributed by atoms with Crippen LogP contribution in [-0.2, 0) is 0 Å². The molecule has 0 saturated heterocycles. The van der Waals surface area contributed by atoms with E-state index >= 15 is 0 Å². The molecule has 0 aliphatic carbocycles. The molecule has 0 unspecified atom stereocenters. The van der Waals surface area contributed by atoms with E-state index in [-0.39, 0.29) is 0 Å². The maximum absolute atomic E-state index is 6.29. The number of para-hydroxylation sites is 1. The van der Waals surface area contributed by atoms with Crippen LogP contribution in [0.5, 0.6) is 0 Å². The van der Waals surface area contributed by atoms with Gasteiger partial charge in [0.2, 0.25) is 0 Å². The third kappa shape index (κ3) is 4.63. The fourth-order valence-electron chi connectivity index (χ4n) is 5.40. The second kappa shape index (κ2) is 10.5. The van der Waals surface area contributed by atoms with Crippen molar-refractivity contribution in [2.45, 2.75) is 0 Å². The van der Waals surface area contributed by atoms with E-state index in [2.05, 4.69) is 24.3 Å². The Labute approximate surface area is 248 Å². The highest BCUT2D eigenvalue weighted by atomic mass is 16.3. The number of nitrogens with zero attached hydrogens (tertiary/aromatic N) is 4. The van der Waals surface area contributed by atoms with Gasteiger partial charge in [0.1, 0.15) is 16.8 Å². The van der Waals surface area contributed by atoms with E-state index in [9.17, 15) is 0 Å². The third-order valence-corrected chi connectivity index (χ3v) is 7.51. The predicted octanol–water partition coefficient (Wildman–Crippen LogP) is 9.50. The summed E-state index contributed by atoms with van der Waals surface area (Å²) in [6, 6.07) is 48.7. The highest BCUT2D eigenvalue weighted by Crippen LogP contribution is 2.36. The number of rotatable bonds is 5. The average molecular weight is 553 g/mol. The normalized spacial score (nSPS) is 11.3. The number of hydrogen-bond donors (Lipinski definition) is 0. The molecular weight excluding hydrogens is 528 g/mol. The van der Waals surface area contributed by atoms with E-state index in [1.165, 1.54) is 0 Å². The fraction of sp³-hybridized carbons (Fsp3) is 0. The molecule has 0 atom stereocenters. The summed E-state index contributed by atoms with van der Waals surface area (Å²) in [7, 11) is 0. The summed E-state index contributed by atoms with van der Waals surface area (Å²) >= 11 is 0. The minimum atomic E-state index is 0.625. The van der Waals surface area contributed by atoms with E-state index < -0.39 is 0 Å². The molecule has 0 aliphatic heterocycles. The van der Waals surface area contributed by atoms with Crippen LogP contribution >= 0.6 is 0 Å². The first-order valence-corrected chi connectivity index (χ1v) is 14.2. The van der Waals surface area contributed by atoms with Crippen LogP contribution in [0.3, 0.4) is 0 Å². The molecule has 202 valence electrons. The Bertz CT molecular complexity index is 2170.